The van der Waals surface area contributed by atoms with Gasteiger partial charge in [0.15, 0.2) is 0 Å². The molecule has 18 nitrogen and oxygen atoms in total. The second-order valence-corrected chi connectivity index (χ2v) is 27.0. The van der Waals surface area contributed by atoms with E-state index in [4.69, 9.17) is 46.4 Å². The highest BCUT2D eigenvalue weighted by Gasteiger charge is 2.27. The minimum Gasteiger partial charge on any atom is -0.344 e. The Labute approximate surface area is 635 Å². The number of carbonyl (C=O) groups excluding carboxylic acids is 8. The molecule has 6 heterocycles. The van der Waals surface area contributed by atoms with Crippen molar-refractivity contribution in [2.45, 2.75) is 95.4 Å². The number of aryl methyl sites for hydroxylation is 6. The number of para-hydroxylation sites is 1. The number of amides is 4. The molecule has 12 aromatic rings. The number of Topliss-reactive ketones (excluding diaryl/α,β-unsaturated/α-hetero) is 4. The summed E-state index contributed by atoms with van der Waals surface area (Å²) in [5, 5.41) is 13.3. The minimum atomic E-state index is -0.676. The third-order valence-corrected chi connectivity index (χ3v) is 18.5. The smallest absolute Gasteiger partial charge is 0.296 e. The van der Waals surface area contributed by atoms with E-state index in [9.17, 15) is 38.4 Å². The van der Waals surface area contributed by atoms with Crippen LogP contribution in [-0.4, -0.2) is 75.0 Å². The molecule has 0 bridgehead atoms. The largest absolute Gasteiger partial charge is 0.344 e. The molecule has 12 rings (SSSR count). The van der Waals surface area contributed by atoms with E-state index in [-0.39, 0.29) is 0 Å². The summed E-state index contributed by atoms with van der Waals surface area (Å²) >= 11 is 23.7. The summed E-state index contributed by atoms with van der Waals surface area (Å²) in [4.78, 5) is 108. The Morgan fingerprint density at radius 2 is 0.613 bits per heavy atom. The van der Waals surface area contributed by atoms with E-state index in [1.807, 2.05) is 209 Å². The number of carbonyl (C=O) groups is 8. The first kappa shape index (κ1) is 78.6. The topological polar surface area (TPSA) is 230 Å². The highest BCUT2D eigenvalue weighted by atomic mass is 35.5. The van der Waals surface area contributed by atoms with Crippen molar-refractivity contribution in [3.63, 3.8) is 0 Å². The van der Waals surface area contributed by atoms with Gasteiger partial charge in [-0.15, -0.1) is 0 Å². The summed E-state index contributed by atoms with van der Waals surface area (Å²) in [5.41, 5.74) is 16.7. The van der Waals surface area contributed by atoms with Gasteiger partial charge < -0.3 is 39.5 Å². The SMILES string of the molecule is Cc1cc(C(=O)C(=O)Nc2ccccc2)c(C)n1Cc1ccc(Cl)cc1.Cc1cc(C(=O)C(=O)Nc2cccnc2)c(C)n1Cc1ccc(Cl)cc1.Cc1cc(NC(=O)C(=O)c2cc(C)n(Cc3ccc(Cl)cc3)c2C)ccn1.Cc1cccc(NC(=O)C(=O)c2cc(C)n(Cc3ccc(Cl)cc3)c2C)c1. The number of aromatic nitrogens is 6. The van der Waals surface area contributed by atoms with Gasteiger partial charge in [0.2, 0.25) is 0 Å². The first-order valence-corrected chi connectivity index (χ1v) is 35.1. The molecule has 6 aromatic carbocycles. The van der Waals surface area contributed by atoms with Crippen molar-refractivity contribution >= 4 is 116 Å². The second-order valence-electron chi connectivity index (χ2n) is 25.3. The minimum absolute atomic E-state index is 0.401. The predicted octanol–water partition coefficient (Wildman–Crippen LogP) is 17.9. The van der Waals surface area contributed by atoms with Crippen LogP contribution in [0.5, 0.6) is 0 Å². The third kappa shape index (κ3) is 20.9. The number of nitrogens with zero attached hydrogens (tertiary/aromatic N) is 6. The van der Waals surface area contributed by atoms with Gasteiger partial charge >= 0.3 is 0 Å². The zero-order valence-electron chi connectivity index (χ0n) is 60.1. The Hall–Kier alpha value is -11.5. The van der Waals surface area contributed by atoms with Crippen molar-refractivity contribution in [1.29, 1.82) is 0 Å². The number of benzene rings is 6. The molecule has 0 aliphatic heterocycles. The van der Waals surface area contributed by atoms with E-state index >= 15 is 0 Å². The van der Waals surface area contributed by atoms with Gasteiger partial charge in [0.1, 0.15) is 0 Å². The van der Waals surface area contributed by atoms with Gasteiger partial charge in [-0.25, -0.2) is 0 Å². The van der Waals surface area contributed by atoms with Crippen molar-refractivity contribution in [1.82, 2.24) is 28.2 Å². The molecule has 0 saturated carbocycles. The normalized spacial score (nSPS) is 10.6. The molecule has 0 fully saturated rings. The number of anilines is 4. The number of pyridine rings is 2. The van der Waals surface area contributed by atoms with Crippen LogP contribution in [0.2, 0.25) is 20.1 Å². The van der Waals surface area contributed by atoms with Gasteiger partial charge in [-0.1, -0.05) is 125 Å². The summed E-state index contributed by atoms with van der Waals surface area (Å²) in [6.45, 7) is 21.3. The molecule has 22 heteroatoms. The number of rotatable bonds is 20. The molecule has 0 unspecified atom stereocenters. The second kappa shape index (κ2) is 36.3. The number of halogens is 4. The molecule has 4 amide bonds. The molecular formula is C84H78Cl4N10O8. The lowest BCUT2D eigenvalue weighted by Crippen LogP contribution is -2.23. The Balaban J connectivity index is 0.000000163. The lowest BCUT2D eigenvalue weighted by molar-refractivity contribution is -0.113. The molecule has 6 aromatic heterocycles. The average Bonchev–Trinajstić information content (AvgIpc) is 1.68. The molecule has 540 valence electrons. The van der Waals surface area contributed by atoms with Crippen LogP contribution in [0.3, 0.4) is 0 Å². The van der Waals surface area contributed by atoms with Crippen LogP contribution in [0.4, 0.5) is 22.7 Å². The van der Waals surface area contributed by atoms with E-state index in [1.165, 1.54) is 6.20 Å². The fraction of sp³-hybridized carbons (Fsp3) is 0.167. The Morgan fingerprint density at radius 3 is 0.925 bits per heavy atom. The molecule has 0 atom stereocenters. The van der Waals surface area contributed by atoms with E-state index in [1.54, 1.807) is 91.3 Å². The summed E-state index contributed by atoms with van der Waals surface area (Å²) in [6, 6.07) is 60.4. The van der Waals surface area contributed by atoms with Crippen molar-refractivity contribution in [3.8, 4) is 0 Å². The van der Waals surface area contributed by atoms with Gasteiger partial charge in [-0.3, -0.25) is 48.3 Å². The van der Waals surface area contributed by atoms with E-state index in [0.717, 1.165) is 79.1 Å². The average molecular weight is 1500 g/mol. The zero-order valence-corrected chi connectivity index (χ0v) is 63.1. The summed E-state index contributed by atoms with van der Waals surface area (Å²) in [5.74, 6) is -4.80. The standard InChI is InChI=1S/C22H21ClN2O2.C21H20ClN3O2.C21H19ClN2O2.C20H18ClN3O2/c1-14-5-4-6-19(11-14)24-22(27)21(26)20-12-15(2)25(16(20)3)13-17-7-9-18(23)10-8-17;1-13-10-18(8-9-23-13)24-21(27)20(26)19-11-14(2)25(15(19)3)12-16-4-6-17(22)7-5-16;1-14-12-19(20(25)21(26)23-18-6-4-3-5-7-18)15(2)24(14)13-16-8-10-17(22)11-9-16;1-13-10-18(19(25)20(26)23-17-4-3-9-22-11-17)14(2)24(13)12-15-5-7-16(21)8-6-15/h4-12H,13H2,1-3H3,(H,24,27);4-11H,12H2,1-3H3,(H,23,24,27);3-12H,13H2,1-2H3,(H,23,26);3-11H,12H2,1-2H3,(H,23,26). The fourth-order valence-electron chi connectivity index (χ4n) is 11.7. The third-order valence-electron chi connectivity index (χ3n) is 17.5. The summed E-state index contributed by atoms with van der Waals surface area (Å²) in [6.07, 6.45) is 4.68. The molecule has 0 aliphatic carbocycles. The van der Waals surface area contributed by atoms with Crippen molar-refractivity contribution in [2.24, 2.45) is 0 Å². The molecule has 4 N–H and O–H groups in total. The maximum Gasteiger partial charge on any atom is 0.296 e. The van der Waals surface area contributed by atoms with Gasteiger partial charge in [-0.2, -0.15) is 0 Å². The van der Waals surface area contributed by atoms with Crippen LogP contribution in [-0.2, 0) is 45.4 Å². The van der Waals surface area contributed by atoms with Crippen LogP contribution in [0, 0.1) is 69.2 Å². The maximum atomic E-state index is 12.7. The van der Waals surface area contributed by atoms with Crippen LogP contribution in [0.15, 0.2) is 219 Å². The molecule has 106 heavy (non-hydrogen) atoms. The summed E-state index contributed by atoms with van der Waals surface area (Å²) in [7, 11) is 0. The van der Waals surface area contributed by atoms with Crippen LogP contribution in [0.25, 0.3) is 0 Å². The van der Waals surface area contributed by atoms with Crippen LogP contribution in [0.1, 0.15) is 120 Å². The first-order valence-electron chi connectivity index (χ1n) is 33.6. The number of hydrogen-bond acceptors (Lipinski definition) is 10. The molecule has 0 saturated heterocycles. The Bertz CT molecular complexity index is 4880. The van der Waals surface area contributed by atoms with Gasteiger partial charge in [0.25, 0.3) is 46.8 Å². The van der Waals surface area contributed by atoms with Crippen molar-refractivity contribution < 1.29 is 38.4 Å². The van der Waals surface area contributed by atoms with E-state index in [2.05, 4.69) is 31.2 Å². The highest BCUT2D eigenvalue weighted by Crippen LogP contribution is 2.26. The van der Waals surface area contributed by atoms with Gasteiger partial charge in [-0.05, 0) is 218 Å². The highest BCUT2D eigenvalue weighted by molar-refractivity contribution is 6.48. The molecule has 0 radical (unpaired) electrons. The molecule has 0 aliphatic rings. The lowest BCUT2D eigenvalue weighted by atomic mass is 10.1. The van der Waals surface area contributed by atoms with Crippen molar-refractivity contribution in [3.05, 3.63) is 340 Å². The van der Waals surface area contributed by atoms with Gasteiger partial charge in [0.05, 0.1) is 11.9 Å². The number of hydrogen-bond donors (Lipinski definition) is 4. The van der Waals surface area contributed by atoms with E-state index in [0.29, 0.717) is 91.3 Å². The number of ketones is 4. The van der Waals surface area contributed by atoms with E-state index < -0.39 is 46.8 Å². The predicted molar refractivity (Wildman–Crippen MR) is 421 cm³/mol. The first-order chi connectivity index (χ1) is 50.6. The fourth-order valence-corrected chi connectivity index (χ4v) is 12.2. The van der Waals surface area contributed by atoms with Gasteiger partial charge in [0, 0.05) is 149 Å². The zero-order chi connectivity index (χ0) is 76.5. The lowest BCUT2D eigenvalue weighted by Gasteiger charge is -2.10. The Kier molecular flexibility index (Phi) is 26.9. The quantitative estimate of drug-likeness (QED) is 0.0416. The summed E-state index contributed by atoms with van der Waals surface area (Å²) < 4.78 is 8.07. The molecular weight excluding hydrogens is 1420 g/mol. The van der Waals surface area contributed by atoms with Crippen LogP contribution >= 0.6 is 46.4 Å². The maximum absolute atomic E-state index is 12.7. The number of nitrogens with one attached hydrogen (secondary N) is 4. The Morgan fingerprint density at radius 1 is 0.311 bits per heavy atom. The van der Waals surface area contributed by atoms with Crippen LogP contribution < -0.4 is 21.3 Å². The van der Waals surface area contributed by atoms with Crippen molar-refractivity contribution in [2.75, 3.05) is 21.3 Å². The molecule has 0 spiro atoms. The monoisotopic (exact) mass is 1490 g/mol.